The van der Waals surface area contributed by atoms with Crippen LogP contribution < -0.4 is 4.90 Å². The Morgan fingerprint density at radius 3 is 2.57 bits per heavy atom. The van der Waals surface area contributed by atoms with Crippen molar-refractivity contribution in [2.45, 2.75) is 6.92 Å². The number of hydrogen-bond acceptors (Lipinski definition) is 5. The van der Waals surface area contributed by atoms with Gasteiger partial charge in [0.15, 0.2) is 0 Å². The molecule has 1 aromatic heterocycles. The molecule has 110 valence electrons. The summed E-state index contributed by atoms with van der Waals surface area (Å²) in [4.78, 5) is 24.1. The zero-order chi connectivity index (χ0) is 14.8. The Kier molecular flexibility index (Phi) is 3.70. The first kappa shape index (κ1) is 13.8. The zero-order valence-corrected chi connectivity index (χ0v) is 12.0. The number of piperazine rings is 1. The van der Waals surface area contributed by atoms with Gasteiger partial charge in [-0.05, 0) is 18.7 Å². The lowest BCUT2D eigenvalue weighted by Gasteiger charge is -2.35. The Balaban J connectivity index is 2.02. The van der Waals surface area contributed by atoms with E-state index in [1.807, 2.05) is 24.3 Å². The van der Waals surface area contributed by atoms with Crippen LogP contribution in [-0.2, 0) is 0 Å². The van der Waals surface area contributed by atoms with Gasteiger partial charge in [0.05, 0.1) is 5.52 Å². The summed E-state index contributed by atoms with van der Waals surface area (Å²) in [7, 11) is 0. The molecule has 2 aromatic rings. The summed E-state index contributed by atoms with van der Waals surface area (Å²) < 4.78 is 0. The van der Waals surface area contributed by atoms with Crippen LogP contribution >= 0.6 is 0 Å². The smallest absolute Gasteiger partial charge is 0.374 e. The fourth-order valence-corrected chi connectivity index (χ4v) is 2.67. The SMILES string of the molecule is CCN1CCN(c2nc(C(=O)O)nc3ccccc23)CC1. The predicted molar refractivity (Wildman–Crippen MR) is 80.8 cm³/mol. The van der Waals surface area contributed by atoms with Crippen LogP contribution in [-0.4, -0.2) is 58.7 Å². The van der Waals surface area contributed by atoms with Crippen LogP contribution in [0.2, 0.25) is 0 Å². The summed E-state index contributed by atoms with van der Waals surface area (Å²) in [6.07, 6.45) is 0. The van der Waals surface area contributed by atoms with E-state index in [1.54, 1.807) is 0 Å². The van der Waals surface area contributed by atoms with Gasteiger partial charge < -0.3 is 14.9 Å². The molecular formula is C15H18N4O2. The first-order valence-electron chi connectivity index (χ1n) is 7.16. The standard InChI is InChI=1S/C15H18N4O2/c1-2-18-7-9-19(10-8-18)14-11-5-3-4-6-12(11)16-13(17-14)15(20)21/h3-6H,2,7-10H2,1H3,(H,20,21). The van der Waals surface area contributed by atoms with Crippen LogP contribution in [0.4, 0.5) is 5.82 Å². The van der Waals surface area contributed by atoms with E-state index in [1.165, 1.54) is 0 Å². The van der Waals surface area contributed by atoms with E-state index in [0.717, 1.165) is 43.9 Å². The van der Waals surface area contributed by atoms with E-state index in [2.05, 4.69) is 26.7 Å². The van der Waals surface area contributed by atoms with Crippen molar-refractivity contribution in [1.82, 2.24) is 14.9 Å². The third-order valence-electron chi connectivity index (χ3n) is 3.89. The minimum absolute atomic E-state index is 0.137. The second-order valence-corrected chi connectivity index (χ2v) is 5.11. The van der Waals surface area contributed by atoms with Crippen molar-refractivity contribution in [2.75, 3.05) is 37.6 Å². The zero-order valence-electron chi connectivity index (χ0n) is 12.0. The number of fused-ring (bicyclic) bond motifs is 1. The number of nitrogens with zero attached hydrogens (tertiary/aromatic N) is 4. The summed E-state index contributed by atoms with van der Waals surface area (Å²) in [6.45, 7) is 6.84. The number of benzene rings is 1. The third-order valence-corrected chi connectivity index (χ3v) is 3.89. The summed E-state index contributed by atoms with van der Waals surface area (Å²) in [5.74, 6) is -0.496. The van der Waals surface area contributed by atoms with Crippen molar-refractivity contribution >= 4 is 22.7 Å². The monoisotopic (exact) mass is 286 g/mol. The highest BCUT2D eigenvalue weighted by molar-refractivity contribution is 5.93. The van der Waals surface area contributed by atoms with E-state index in [-0.39, 0.29) is 5.82 Å². The largest absolute Gasteiger partial charge is 0.475 e. The van der Waals surface area contributed by atoms with Gasteiger partial charge in [0.1, 0.15) is 5.82 Å². The molecule has 1 aromatic carbocycles. The van der Waals surface area contributed by atoms with Gasteiger partial charge in [-0.15, -0.1) is 0 Å². The average Bonchev–Trinajstić information content (AvgIpc) is 2.54. The predicted octanol–water partition coefficient (Wildman–Crippen LogP) is 1.47. The van der Waals surface area contributed by atoms with Gasteiger partial charge in [0.25, 0.3) is 0 Å². The van der Waals surface area contributed by atoms with Crippen LogP contribution in [0, 0.1) is 0 Å². The maximum atomic E-state index is 11.2. The highest BCUT2D eigenvalue weighted by atomic mass is 16.4. The number of carbonyl (C=O) groups is 1. The number of aromatic carboxylic acids is 1. The average molecular weight is 286 g/mol. The Morgan fingerprint density at radius 2 is 1.90 bits per heavy atom. The normalized spacial score (nSPS) is 16.3. The first-order valence-corrected chi connectivity index (χ1v) is 7.16. The van der Waals surface area contributed by atoms with Gasteiger partial charge in [-0.1, -0.05) is 19.1 Å². The molecule has 1 N–H and O–H groups in total. The number of carboxylic acid groups (broad SMARTS) is 1. The summed E-state index contributed by atoms with van der Waals surface area (Å²) >= 11 is 0. The van der Waals surface area contributed by atoms with Gasteiger partial charge in [-0.2, -0.15) is 0 Å². The van der Waals surface area contributed by atoms with Gasteiger partial charge in [0, 0.05) is 31.6 Å². The molecule has 2 heterocycles. The molecule has 6 nitrogen and oxygen atoms in total. The molecule has 0 amide bonds. The Bertz CT molecular complexity index is 666. The second kappa shape index (κ2) is 5.65. The number of anilines is 1. The lowest BCUT2D eigenvalue weighted by atomic mass is 10.2. The fraction of sp³-hybridized carbons (Fsp3) is 0.400. The van der Waals surface area contributed by atoms with E-state index in [9.17, 15) is 9.90 Å². The molecule has 0 saturated carbocycles. The Hall–Kier alpha value is -2.21. The Labute approximate surface area is 123 Å². The topological polar surface area (TPSA) is 69.6 Å². The van der Waals surface area contributed by atoms with Crippen molar-refractivity contribution < 1.29 is 9.90 Å². The van der Waals surface area contributed by atoms with Gasteiger partial charge >= 0.3 is 5.97 Å². The van der Waals surface area contributed by atoms with Crippen LogP contribution in [0.25, 0.3) is 10.9 Å². The number of carboxylic acids is 1. The van der Waals surface area contributed by atoms with Crippen LogP contribution in [0.15, 0.2) is 24.3 Å². The molecule has 1 saturated heterocycles. The summed E-state index contributed by atoms with van der Waals surface area (Å²) in [6, 6.07) is 7.56. The minimum atomic E-state index is -1.09. The number of likely N-dealkylation sites (N-methyl/N-ethyl adjacent to an activating group) is 1. The fourth-order valence-electron chi connectivity index (χ4n) is 2.67. The number of hydrogen-bond donors (Lipinski definition) is 1. The molecule has 1 fully saturated rings. The van der Waals surface area contributed by atoms with Crippen LogP contribution in [0.5, 0.6) is 0 Å². The van der Waals surface area contributed by atoms with Gasteiger partial charge in [-0.25, -0.2) is 14.8 Å². The van der Waals surface area contributed by atoms with Gasteiger partial charge in [-0.3, -0.25) is 0 Å². The molecule has 0 radical (unpaired) electrons. The molecule has 0 atom stereocenters. The molecule has 3 rings (SSSR count). The van der Waals surface area contributed by atoms with E-state index >= 15 is 0 Å². The van der Waals surface area contributed by atoms with Crippen molar-refractivity contribution in [1.29, 1.82) is 0 Å². The second-order valence-electron chi connectivity index (χ2n) is 5.11. The highest BCUT2D eigenvalue weighted by Crippen LogP contribution is 2.24. The van der Waals surface area contributed by atoms with E-state index < -0.39 is 5.97 Å². The lowest BCUT2D eigenvalue weighted by molar-refractivity contribution is 0.0684. The lowest BCUT2D eigenvalue weighted by Crippen LogP contribution is -2.46. The molecule has 0 aliphatic carbocycles. The molecule has 0 bridgehead atoms. The molecule has 21 heavy (non-hydrogen) atoms. The quantitative estimate of drug-likeness (QED) is 0.921. The highest BCUT2D eigenvalue weighted by Gasteiger charge is 2.21. The summed E-state index contributed by atoms with van der Waals surface area (Å²) in [5.41, 5.74) is 0.679. The molecule has 1 aliphatic heterocycles. The van der Waals surface area contributed by atoms with Crippen LogP contribution in [0.1, 0.15) is 17.5 Å². The molecule has 0 spiro atoms. The van der Waals surface area contributed by atoms with E-state index in [4.69, 9.17) is 0 Å². The number of aromatic nitrogens is 2. The first-order chi connectivity index (χ1) is 10.2. The maximum absolute atomic E-state index is 11.2. The van der Waals surface area contributed by atoms with Crippen LogP contribution in [0.3, 0.4) is 0 Å². The number of rotatable bonds is 3. The molecule has 6 heteroatoms. The van der Waals surface area contributed by atoms with Crippen molar-refractivity contribution in [3.8, 4) is 0 Å². The van der Waals surface area contributed by atoms with Gasteiger partial charge in [0.2, 0.25) is 5.82 Å². The maximum Gasteiger partial charge on any atom is 0.374 e. The minimum Gasteiger partial charge on any atom is -0.475 e. The van der Waals surface area contributed by atoms with Crippen molar-refractivity contribution in [3.05, 3.63) is 30.1 Å². The molecule has 1 aliphatic rings. The van der Waals surface area contributed by atoms with E-state index in [0.29, 0.717) is 5.52 Å². The van der Waals surface area contributed by atoms with Crippen molar-refractivity contribution in [2.24, 2.45) is 0 Å². The molecule has 0 unspecified atom stereocenters. The van der Waals surface area contributed by atoms with Crippen molar-refractivity contribution in [3.63, 3.8) is 0 Å². The number of para-hydroxylation sites is 1. The Morgan fingerprint density at radius 1 is 1.19 bits per heavy atom. The molecular weight excluding hydrogens is 268 g/mol. The summed E-state index contributed by atoms with van der Waals surface area (Å²) in [5, 5.41) is 10.1. The third kappa shape index (κ3) is 2.67.